The minimum atomic E-state index is 0.000434. The Balaban J connectivity index is 2.23. The van der Waals surface area contributed by atoms with Gasteiger partial charge in [0.2, 0.25) is 0 Å². The third kappa shape index (κ3) is 3.61. The molecule has 1 aromatic carbocycles. The summed E-state index contributed by atoms with van der Waals surface area (Å²) in [5.74, 6) is 0. The van der Waals surface area contributed by atoms with Gasteiger partial charge in [-0.05, 0) is 53.4 Å². The molecular formula is C19H23N. The van der Waals surface area contributed by atoms with Crippen molar-refractivity contribution in [3.05, 3.63) is 52.6 Å². The first kappa shape index (κ1) is 14.6. The van der Waals surface area contributed by atoms with Crippen molar-refractivity contribution in [3.8, 4) is 6.07 Å². The van der Waals surface area contributed by atoms with Crippen molar-refractivity contribution in [2.75, 3.05) is 0 Å². The molecule has 2 rings (SSSR count). The number of fused-ring (bicyclic) bond motifs is 1. The van der Waals surface area contributed by atoms with Crippen LogP contribution in [0.15, 0.2) is 35.9 Å². The predicted molar refractivity (Wildman–Crippen MR) is 85.3 cm³/mol. The maximum absolute atomic E-state index is 8.90. The Morgan fingerprint density at radius 1 is 1.15 bits per heavy atom. The number of allylic oxidation sites excluding steroid dienone is 3. The van der Waals surface area contributed by atoms with Crippen molar-refractivity contribution in [1.29, 1.82) is 5.26 Å². The van der Waals surface area contributed by atoms with E-state index in [4.69, 9.17) is 5.26 Å². The second-order valence-electron chi connectivity index (χ2n) is 6.55. The van der Waals surface area contributed by atoms with Crippen molar-refractivity contribution < 1.29 is 0 Å². The molecule has 1 aliphatic carbocycles. The fourth-order valence-corrected chi connectivity index (χ4v) is 2.63. The summed E-state index contributed by atoms with van der Waals surface area (Å²) in [6.07, 6.45) is 10.9. The van der Waals surface area contributed by atoms with Gasteiger partial charge in [0.05, 0.1) is 6.07 Å². The monoisotopic (exact) mass is 265 g/mol. The van der Waals surface area contributed by atoms with E-state index in [1.54, 1.807) is 6.08 Å². The Morgan fingerprint density at radius 3 is 2.50 bits per heavy atom. The molecule has 0 heterocycles. The molecular weight excluding hydrogens is 242 g/mol. The number of aryl methyl sites for hydroxylation is 2. The second-order valence-corrected chi connectivity index (χ2v) is 6.55. The topological polar surface area (TPSA) is 23.8 Å². The third-order valence-corrected chi connectivity index (χ3v) is 3.91. The summed E-state index contributed by atoms with van der Waals surface area (Å²) in [4.78, 5) is 0. The summed E-state index contributed by atoms with van der Waals surface area (Å²) in [5, 5.41) is 8.90. The van der Waals surface area contributed by atoms with Crippen LogP contribution in [-0.4, -0.2) is 0 Å². The first-order valence-corrected chi connectivity index (χ1v) is 7.41. The summed E-state index contributed by atoms with van der Waals surface area (Å²) < 4.78 is 0. The summed E-state index contributed by atoms with van der Waals surface area (Å²) in [7, 11) is 0. The molecule has 0 spiro atoms. The molecule has 0 atom stereocenters. The van der Waals surface area contributed by atoms with Gasteiger partial charge in [-0.1, -0.05) is 51.1 Å². The third-order valence-electron chi connectivity index (χ3n) is 3.91. The molecule has 0 amide bonds. The molecule has 1 aromatic rings. The Kier molecular flexibility index (Phi) is 4.45. The first-order chi connectivity index (χ1) is 9.50. The zero-order valence-electron chi connectivity index (χ0n) is 12.7. The molecule has 1 aliphatic rings. The van der Waals surface area contributed by atoms with E-state index in [-0.39, 0.29) is 5.41 Å². The lowest BCUT2D eigenvalue weighted by molar-refractivity contribution is 0.518. The molecule has 0 saturated carbocycles. The van der Waals surface area contributed by atoms with Gasteiger partial charge in [0.1, 0.15) is 0 Å². The SMILES string of the molecule is CC(C)(C)C(=C\C#N)/C=C/c1ccc2c(c1)CCCC2. The van der Waals surface area contributed by atoms with E-state index in [0.717, 1.165) is 5.57 Å². The van der Waals surface area contributed by atoms with Crippen LogP contribution in [0.2, 0.25) is 0 Å². The number of nitrogens with zero attached hydrogens (tertiary/aromatic N) is 1. The molecule has 0 unspecified atom stereocenters. The minimum absolute atomic E-state index is 0.000434. The van der Waals surface area contributed by atoms with Crippen molar-refractivity contribution in [3.63, 3.8) is 0 Å². The summed E-state index contributed by atoms with van der Waals surface area (Å²) in [6, 6.07) is 8.90. The molecule has 0 fully saturated rings. The van der Waals surface area contributed by atoms with Crippen LogP contribution in [0.25, 0.3) is 6.08 Å². The van der Waals surface area contributed by atoms with Crippen molar-refractivity contribution in [2.45, 2.75) is 46.5 Å². The van der Waals surface area contributed by atoms with Gasteiger partial charge in [-0.2, -0.15) is 5.26 Å². The molecule has 20 heavy (non-hydrogen) atoms. The van der Waals surface area contributed by atoms with Crippen LogP contribution in [0, 0.1) is 16.7 Å². The summed E-state index contributed by atoms with van der Waals surface area (Å²) in [6.45, 7) is 6.40. The Hall–Kier alpha value is -1.81. The average molecular weight is 265 g/mol. The van der Waals surface area contributed by atoms with E-state index in [2.05, 4.69) is 57.2 Å². The number of benzene rings is 1. The lowest BCUT2D eigenvalue weighted by Gasteiger charge is -2.19. The van der Waals surface area contributed by atoms with E-state index >= 15 is 0 Å². The standard InChI is InChI=1S/C19H23N/c1-19(2,3)18(12-13-20)11-9-15-8-10-16-6-4-5-7-17(16)14-15/h8-12,14H,4-7H2,1-3H3/b11-9+,18-12-. The maximum atomic E-state index is 8.90. The lowest BCUT2D eigenvalue weighted by Crippen LogP contribution is -2.07. The van der Waals surface area contributed by atoms with E-state index < -0.39 is 0 Å². The molecule has 1 nitrogen and oxygen atoms in total. The molecule has 0 saturated heterocycles. The molecule has 1 heteroatoms. The number of hydrogen-bond donors (Lipinski definition) is 0. The zero-order chi connectivity index (χ0) is 14.6. The van der Waals surface area contributed by atoms with Crippen LogP contribution in [0.3, 0.4) is 0 Å². The largest absolute Gasteiger partial charge is 0.193 e. The van der Waals surface area contributed by atoms with Crippen molar-refractivity contribution in [2.24, 2.45) is 5.41 Å². The quantitative estimate of drug-likeness (QED) is 0.540. The van der Waals surface area contributed by atoms with Gasteiger partial charge < -0.3 is 0 Å². The van der Waals surface area contributed by atoms with Gasteiger partial charge in [0.25, 0.3) is 0 Å². The average Bonchev–Trinajstić information content (AvgIpc) is 2.42. The van der Waals surface area contributed by atoms with Crippen LogP contribution in [0.4, 0.5) is 0 Å². The Labute approximate surface area is 122 Å². The highest BCUT2D eigenvalue weighted by molar-refractivity contribution is 5.56. The number of hydrogen-bond acceptors (Lipinski definition) is 1. The Morgan fingerprint density at radius 2 is 1.85 bits per heavy atom. The van der Waals surface area contributed by atoms with Gasteiger partial charge in [0, 0.05) is 6.08 Å². The van der Waals surface area contributed by atoms with Crippen LogP contribution in [-0.2, 0) is 12.8 Å². The van der Waals surface area contributed by atoms with Crippen LogP contribution < -0.4 is 0 Å². The van der Waals surface area contributed by atoms with Crippen LogP contribution in [0.1, 0.15) is 50.3 Å². The van der Waals surface area contributed by atoms with Crippen LogP contribution >= 0.6 is 0 Å². The lowest BCUT2D eigenvalue weighted by atomic mass is 9.85. The second kappa shape index (κ2) is 6.09. The van der Waals surface area contributed by atoms with Crippen LogP contribution in [0.5, 0.6) is 0 Å². The molecule has 0 radical (unpaired) electrons. The fourth-order valence-electron chi connectivity index (χ4n) is 2.63. The smallest absolute Gasteiger partial charge is 0.0915 e. The number of rotatable bonds is 2. The van der Waals surface area contributed by atoms with E-state index in [1.807, 2.05) is 0 Å². The normalized spacial score (nSPS) is 16.0. The van der Waals surface area contributed by atoms with Crippen molar-refractivity contribution >= 4 is 6.08 Å². The molecule has 0 N–H and O–H groups in total. The summed E-state index contributed by atoms with van der Waals surface area (Å²) in [5.41, 5.74) is 5.31. The zero-order valence-corrected chi connectivity index (χ0v) is 12.7. The Bertz CT molecular complexity index is 577. The highest BCUT2D eigenvalue weighted by atomic mass is 14.2. The van der Waals surface area contributed by atoms with Gasteiger partial charge in [0.15, 0.2) is 0 Å². The van der Waals surface area contributed by atoms with Gasteiger partial charge >= 0.3 is 0 Å². The van der Waals surface area contributed by atoms with E-state index in [1.165, 1.54) is 42.4 Å². The van der Waals surface area contributed by atoms with Crippen molar-refractivity contribution in [1.82, 2.24) is 0 Å². The molecule has 0 aromatic heterocycles. The highest BCUT2D eigenvalue weighted by Gasteiger charge is 2.14. The van der Waals surface area contributed by atoms with E-state index in [9.17, 15) is 0 Å². The maximum Gasteiger partial charge on any atom is 0.0915 e. The fraction of sp³-hybridized carbons (Fsp3) is 0.421. The van der Waals surface area contributed by atoms with Gasteiger partial charge in [-0.25, -0.2) is 0 Å². The predicted octanol–water partition coefficient (Wildman–Crippen LogP) is 5.07. The van der Waals surface area contributed by atoms with E-state index in [0.29, 0.717) is 0 Å². The number of nitriles is 1. The first-order valence-electron chi connectivity index (χ1n) is 7.41. The summed E-state index contributed by atoms with van der Waals surface area (Å²) >= 11 is 0. The molecule has 0 bridgehead atoms. The van der Waals surface area contributed by atoms with Gasteiger partial charge in [-0.15, -0.1) is 0 Å². The molecule has 104 valence electrons. The highest BCUT2D eigenvalue weighted by Crippen LogP contribution is 2.27. The minimum Gasteiger partial charge on any atom is -0.193 e. The van der Waals surface area contributed by atoms with Gasteiger partial charge in [-0.3, -0.25) is 0 Å². The molecule has 0 aliphatic heterocycles.